The van der Waals surface area contributed by atoms with Crippen LogP contribution in [0, 0.1) is 5.82 Å². The molecular weight excluding hydrogens is 828 g/mol. The molecule has 3 heteroatoms. The molecular formula is C65H43FN2. The van der Waals surface area contributed by atoms with E-state index in [4.69, 9.17) is 0 Å². The van der Waals surface area contributed by atoms with Crippen LogP contribution in [0.15, 0.2) is 255 Å². The lowest BCUT2D eigenvalue weighted by Gasteiger charge is -2.27. The lowest BCUT2D eigenvalue weighted by Crippen LogP contribution is -2.10. The van der Waals surface area contributed by atoms with Gasteiger partial charge in [0.25, 0.3) is 0 Å². The SMILES string of the molecule is Fc1ccc(-n2c3ccc(-c4ccc(N(c5ccc(-c6ccccc6)cc5)c5ccc(C(c6ccccc6)c6ccccc6)cc5)cc4)cc3c3c4ccc5cccc6ccc(cc32)c4c65)cc1. The lowest BCUT2D eigenvalue weighted by atomic mass is 9.85. The fraction of sp³-hybridized carbons (Fsp3) is 0.0154. The lowest BCUT2D eigenvalue weighted by molar-refractivity contribution is 0.627. The van der Waals surface area contributed by atoms with Gasteiger partial charge in [-0.2, -0.15) is 0 Å². The summed E-state index contributed by atoms with van der Waals surface area (Å²) in [6.45, 7) is 0. The Balaban J connectivity index is 0.933. The Morgan fingerprint density at radius 3 is 1.44 bits per heavy atom. The number of nitrogens with zero attached hydrogens (tertiary/aromatic N) is 2. The van der Waals surface area contributed by atoms with Gasteiger partial charge in [0.05, 0.1) is 11.0 Å². The normalized spacial score (nSPS) is 11.7. The summed E-state index contributed by atoms with van der Waals surface area (Å²) in [5, 5.41) is 9.82. The van der Waals surface area contributed by atoms with Gasteiger partial charge in [-0.3, -0.25) is 0 Å². The monoisotopic (exact) mass is 870 g/mol. The summed E-state index contributed by atoms with van der Waals surface area (Å²) >= 11 is 0. The molecule has 0 saturated heterocycles. The number of fused-ring (bicyclic) bond motifs is 4. The highest BCUT2D eigenvalue weighted by Crippen LogP contribution is 2.45. The van der Waals surface area contributed by atoms with Gasteiger partial charge in [0, 0.05) is 39.4 Å². The van der Waals surface area contributed by atoms with Crippen molar-refractivity contribution in [3.63, 3.8) is 0 Å². The maximum atomic E-state index is 14.4. The van der Waals surface area contributed by atoms with Crippen molar-refractivity contribution in [1.82, 2.24) is 4.57 Å². The first kappa shape index (κ1) is 39.6. The summed E-state index contributed by atoms with van der Waals surface area (Å²) in [5.41, 5.74) is 14.7. The second-order valence-corrected chi connectivity index (χ2v) is 17.8. The predicted octanol–water partition coefficient (Wildman–Crippen LogP) is 17.8. The number of aromatic nitrogens is 1. The molecule has 13 rings (SSSR count). The molecule has 0 aliphatic carbocycles. The van der Waals surface area contributed by atoms with Crippen molar-refractivity contribution in [2.45, 2.75) is 5.92 Å². The topological polar surface area (TPSA) is 8.17 Å². The van der Waals surface area contributed by atoms with Crippen LogP contribution in [0.4, 0.5) is 21.5 Å². The molecule has 0 fully saturated rings. The summed E-state index contributed by atoms with van der Waals surface area (Å²) in [6, 6.07) is 90.6. The van der Waals surface area contributed by atoms with Gasteiger partial charge < -0.3 is 9.47 Å². The molecule has 0 unspecified atom stereocenters. The summed E-state index contributed by atoms with van der Waals surface area (Å²) in [7, 11) is 0. The van der Waals surface area contributed by atoms with E-state index in [-0.39, 0.29) is 11.7 Å². The van der Waals surface area contributed by atoms with E-state index in [1.54, 1.807) is 12.1 Å². The quantitative estimate of drug-likeness (QED) is 0.104. The zero-order valence-electron chi connectivity index (χ0n) is 37.1. The average molecular weight is 871 g/mol. The average Bonchev–Trinajstić information content (AvgIpc) is 3.73. The van der Waals surface area contributed by atoms with Crippen LogP contribution in [-0.4, -0.2) is 4.57 Å². The number of rotatable bonds is 9. The van der Waals surface area contributed by atoms with Crippen LogP contribution >= 0.6 is 0 Å². The van der Waals surface area contributed by atoms with Gasteiger partial charge in [0.2, 0.25) is 0 Å². The predicted molar refractivity (Wildman–Crippen MR) is 284 cm³/mol. The van der Waals surface area contributed by atoms with Crippen molar-refractivity contribution in [3.05, 3.63) is 277 Å². The van der Waals surface area contributed by atoms with Crippen LogP contribution in [0.3, 0.4) is 0 Å². The maximum absolute atomic E-state index is 14.4. The Bertz CT molecular complexity index is 3860. The molecule has 0 aliphatic rings. The maximum Gasteiger partial charge on any atom is 0.123 e. The number of hydrogen-bond acceptors (Lipinski definition) is 1. The fourth-order valence-corrected chi connectivity index (χ4v) is 10.7. The molecule has 0 aliphatic heterocycles. The minimum atomic E-state index is -0.248. The zero-order valence-corrected chi connectivity index (χ0v) is 37.1. The van der Waals surface area contributed by atoms with E-state index in [0.29, 0.717) is 0 Å². The van der Waals surface area contributed by atoms with Crippen molar-refractivity contribution < 1.29 is 4.39 Å². The first-order chi connectivity index (χ1) is 33.6. The smallest absolute Gasteiger partial charge is 0.123 e. The van der Waals surface area contributed by atoms with Crippen molar-refractivity contribution in [2.75, 3.05) is 4.90 Å². The highest BCUT2D eigenvalue weighted by Gasteiger charge is 2.21. The van der Waals surface area contributed by atoms with E-state index in [9.17, 15) is 4.39 Å². The molecule has 12 aromatic carbocycles. The molecule has 13 aromatic rings. The van der Waals surface area contributed by atoms with Crippen molar-refractivity contribution in [1.29, 1.82) is 0 Å². The first-order valence-electron chi connectivity index (χ1n) is 23.3. The van der Waals surface area contributed by atoms with Crippen molar-refractivity contribution in [3.8, 4) is 27.9 Å². The van der Waals surface area contributed by atoms with Crippen molar-refractivity contribution in [2.24, 2.45) is 0 Å². The van der Waals surface area contributed by atoms with Crippen LogP contribution in [-0.2, 0) is 0 Å². The molecule has 0 atom stereocenters. The van der Waals surface area contributed by atoms with Gasteiger partial charge in [-0.05, 0) is 150 Å². The summed E-state index contributed by atoms with van der Waals surface area (Å²) in [4.78, 5) is 2.35. The number of halogens is 1. The van der Waals surface area contributed by atoms with Gasteiger partial charge >= 0.3 is 0 Å². The van der Waals surface area contributed by atoms with Gasteiger partial charge in [0.1, 0.15) is 5.82 Å². The minimum Gasteiger partial charge on any atom is -0.311 e. The molecule has 0 spiro atoms. The van der Waals surface area contributed by atoms with Crippen LogP contribution in [0.2, 0.25) is 0 Å². The number of hydrogen-bond donors (Lipinski definition) is 0. The number of benzene rings is 12. The largest absolute Gasteiger partial charge is 0.311 e. The van der Waals surface area contributed by atoms with Gasteiger partial charge in [-0.1, -0.05) is 176 Å². The van der Waals surface area contributed by atoms with Gasteiger partial charge in [0.15, 0.2) is 0 Å². The third-order valence-electron chi connectivity index (χ3n) is 13.9. The third kappa shape index (κ3) is 6.70. The van der Waals surface area contributed by atoms with E-state index in [1.165, 1.54) is 65.5 Å². The molecule has 0 amide bonds. The van der Waals surface area contributed by atoms with Crippen LogP contribution in [0.25, 0.3) is 82.1 Å². The Morgan fingerprint density at radius 1 is 0.324 bits per heavy atom. The molecule has 1 heterocycles. The van der Waals surface area contributed by atoms with Crippen molar-refractivity contribution >= 4 is 71.2 Å². The second kappa shape index (κ2) is 16.3. The van der Waals surface area contributed by atoms with E-state index in [2.05, 4.69) is 240 Å². The van der Waals surface area contributed by atoms with Gasteiger partial charge in [-0.25, -0.2) is 4.39 Å². The zero-order chi connectivity index (χ0) is 45.1. The molecule has 320 valence electrons. The molecule has 0 saturated carbocycles. The molecule has 0 bridgehead atoms. The Hall–Kier alpha value is -8.79. The standard InChI is InChI=1S/C65H43FN2/c66-53-29-37-57(38-30-53)68-60-40-28-51(41-59(60)65-58-39-27-49-18-10-17-48-19-20-52(42-61(65)68)64(58)63(48)49)45-23-33-55(34-24-45)67(54-31-21-44(22-32-54)43-11-4-1-5-12-43)56-35-25-50(26-36-56)62(46-13-6-2-7-14-46)47-15-8-3-9-16-47/h1-42,62H. The Morgan fingerprint density at radius 2 is 0.824 bits per heavy atom. The summed E-state index contributed by atoms with van der Waals surface area (Å²) < 4.78 is 16.7. The highest BCUT2D eigenvalue weighted by atomic mass is 19.1. The van der Waals surface area contributed by atoms with E-state index >= 15 is 0 Å². The molecule has 2 nitrogen and oxygen atoms in total. The fourth-order valence-electron chi connectivity index (χ4n) is 10.7. The highest BCUT2D eigenvalue weighted by molar-refractivity contribution is 6.33. The molecule has 0 N–H and O–H groups in total. The Labute approximate surface area is 394 Å². The molecule has 68 heavy (non-hydrogen) atoms. The summed E-state index contributed by atoms with van der Waals surface area (Å²) in [5.74, 6) is -0.140. The minimum absolute atomic E-state index is 0.108. The number of anilines is 3. The first-order valence-corrected chi connectivity index (χ1v) is 23.3. The van der Waals surface area contributed by atoms with Crippen LogP contribution < -0.4 is 4.90 Å². The van der Waals surface area contributed by atoms with Crippen LogP contribution in [0.5, 0.6) is 0 Å². The second-order valence-electron chi connectivity index (χ2n) is 17.8. The molecule has 1 aromatic heterocycles. The third-order valence-corrected chi connectivity index (χ3v) is 13.9. The van der Waals surface area contributed by atoms with E-state index < -0.39 is 0 Å². The Kier molecular flexibility index (Phi) is 9.47. The molecule has 0 radical (unpaired) electrons. The summed E-state index contributed by atoms with van der Waals surface area (Å²) in [6.07, 6.45) is 0. The van der Waals surface area contributed by atoms with E-state index in [0.717, 1.165) is 50.3 Å². The van der Waals surface area contributed by atoms with E-state index in [1.807, 2.05) is 12.1 Å². The van der Waals surface area contributed by atoms with Gasteiger partial charge in [-0.15, -0.1) is 0 Å². The van der Waals surface area contributed by atoms with Crippen LogP contribution in [0.1, 0.15) is 22.6 Å².